The van der Waals surface area contributed by atoms with Crippen molar-refractivity contribution in [3.63, 3.8) is 0 Å². The Labute approximate surface area is 113 Å². The van der Waals surface area contributed by atoms with Gasteiger partial charge in [0.2, 0.25) is 0 Å². The average Bonchev–Trinajstić information content (AvgIpc) is 2.43. The van der Waals surface area contributed by atoms with E-state index in [0.717, 1.165) is 24.8 Å². The Morgan fingerprint density at radius 2 is 2.11 bits per heavy atom. The molecule has 1 aromatic carbocycles. The van der Waals surface area contributed by atoms with Crippen LogP contribution in [0.1, 0.15) is 31.7 Å². The van der Waals surface area contributed by atoms with Crippen molar-refractivity contribution in [2.45, 2.75) is 44.9 Å². The van der Waals surface area contributed by atoms with E-state index in [-0.39, 0.29) is 18.6 Å². The summed E-state index contributed by atoms with van der Waals surface area (Å²) in [5.74, 6) is 0.230. The third-order valence-electron chi connectivity index (χ3n) is 3.69. The summed E-state index contributed by atoms with van der Waals surface area (Å²) in [4.78, 5) is 11.7. The van der Waals surface area contributed by atoms with Crippen LogP contribution in [0.2, 0.25) is 0 Å². The first-order chi connectivity index (χ1) is 9.16. The third-order valence-corrected chi connectivity index (χ3v) is 3.69. The summed E-state index contributed by atoms with van der Waals surface area (Å²) < 4.78 is 5.15. The summed E-state index contributed by atoms with van der Waals surface area (Å²) in [6.07, 6.45) is 1.92. The number of alkyl carbamates (subject to hydrolysis) is 1. The first-order valence-electron chi connectivity index (χ1n) is 6.82. The summed E-state index contributed by atoms with van der Waals surface area (Å²) in [5.41, 5.74) is 0.954. The molecule has 0 spiro atoms. The van der Waals surface area contributed by atoms with Crippen LogP contribution in [-0.2, 0) is 11.3 Å². The minimum absolute atomic E-state index is 0.188. The Bertz CT molecular complexity index is 407. The monoisotopic (exact) mass is 263 g/mol. The number of amides is 1. The summed E-state index contributed by atoms with van der Waals surface area (Å²) in [6.45, 7) is 2.26. The Balaban J connectivity index is 1.78. The molecule has 1 aromatic rings. The number of hydrogen-bond donors (Lipinski definition) is 2. The highest BCUT2D eigenvalue weighted by Gasteiger charge is 2.30. The van der Waals surface area contributed by atoms with Gasteiger partial charge in [0, 0.05) is 0 Å². The van der Waals surface area contributed by atoms with Gasteiger partial charge in [-0.05, 0) is 24.3 Å². The standard InChI is InChI=1S/C15H21NO3/c1-11-6-5-9-13(14(11)17)16-15(18)19-10-12-7-3-2-4-8-12/h2-4,7-8,11,13-14,17H,5-6,9-10H2,1H3,(H,16,18). The van der Waals surface area contributed by atoms with Gasteiger partial charge in [0.15, 0.2) is 0 Å². The number of hydrogen-bond acceptors (Lipinski definition) is 3. The van der Waals surface area contributed by atoms with E-state index in [4.69, 9.17) is 4.74 Å². The molecule has 104 valence electrons. The lowest BCUT2D eigenvalue weighted by Crippen LogP contribution is -2.48. The van der Waals surface area contributed by atoms with Gasteiger partial charge < -0.3 is 15.2 Å². The predicted octanol–water partition coefficient (Wildman–Crippen LogP) is 2.46. The van der Waals surface area contributed by atoms with Crippen LogP contribution in [0, 0.1) is 5.92 Å². The number of benzene rings is 1. The second-order valence-corrected chi connectivity index (χ2v) is 5.21. The highest BCUT2D eigenvalue weighted by atomic mass is 16.5. The van der Waals surface area contributed by atoms with E-state index in [1.807, 2.05) is 37.3 Å². The second kappa shape index (κ2) is 6.57. The third kappa shape index (κ3) is 3.96. The molecule has 2 rings (SSSR count). The van der Waals surface area contributed by atoms with Crippen LogP contribution in [0.5, 0.6) is 0 Å². The van der Waals surface area contributed by atoms with Gasteiger partial charge in [-0.25, -0.2) is 4.79 Å². The zero-order valence-corrected chi connectivity index (χ0v) is 11.2. The average molecular weight is 263 g/mol. The predicted molar refractivity (Wildman–Crippen MR) is 72.6 cm³/mol. The van der Waals surface area contributed by atoms with Crippen LogP contribution >= 0.6 is 0 Å². The van der Waals surface area contributed by atoms with Crippen LogP contribution < -0.4 is 5.32 Å². The molecule has 0 aliphatic heterocycles. The highest BCUT2D eigenvalue weighted by Crippen LogP contribution is 2.24. The van der Waals surface area contributed by atoms with E-state index in [9.17, 15) is 9.90 Å². The Morgan fingerprint density at radius 3 is 2.84 bits per heavy atom. The van der Waals surface area contributed by atoms with Crippen molar-refractivity contribution in [3.8, 4) is 0 Å². The molecule has 1 amide bonds. The van der Waals surface area contributed by atoms with E-state index in [2.05, 4.69) is 5.32 Å². The van der Waals surface area contributed by atoms with Crippen LogP contribution in [0.25, 0.3) is 0 Å². The molecule has 2 N–H and O–H groups in total. The second-order valence-electron chi connectivity index (χ2n) is 5.21. The maximum absolute atomic E-state index is 11.7. The molecule has 4 heteroatoms. The molecule has 4 nitrogen and oxygen atoms in total. The van der Waals surface area contributed by atoms with Gasteiger partial charge in [-0.2, -0.15) is 0 Å². The molecule has 1 aliphatic rings. The van der Waals surface area contributed by atoms with E-state index in [0.29, 0.717) is 0 Å². The first kappa shape index (κ1) is 13.9. The number of carbonyl (C=O) groups is 1. The fourth-order valence-electron chi connectivity index (χ4n) is 2.47. The lowest BCUT2D eigenvalue weighted by atomic mass is 9.84. The summed E-state index contributed by atoms with van der Waals surface area (Å²) in [6, 6.07) is 9.36. The molecule has 0 saturated heterocycles. The molecular formula is C15H21NO3. The normalized spacial score (nSPS) is 26.7. The molecule has 1 saturated carbocycles. The molecule has 0 heterocycles. The molecule has 3 atom stereocenters. The van der Waals surface area contributed by atoms with Crippen molar-refractivity contribution in [2.75, 3.05) is 0 Å². The maximum atomic E-state index is 11.7. The highest BCUT2D eigenvalue weighted by molar-refractivity contribution is 5.67. The molecule has 0 radical (unpaired) electrons. The number of aliphatic hydroxyl groups is 1. The van der Waals surface area contributed by atoms with Crippen molar-refractivity contribution < 1.29 is 14.6 Å². The molecule has 0 bridgehead atoms. The fraction of sp³-hybridized carbons (Fsp3) is 0.533. The Kier molecular flexibility index (Phi) is 4.80. The van der Waals surface area contributed by atoms with E-state index in [1.165, 1.54) is 0 Å². The molecule has 0 aromatic heterocycles. The minimum Gasteiger partial charge on any atom is -0.445 e. The quantitative estimate of drug-likeness (QED) is 0.880. The van der Waals surface area contributed by atoms with E-state index < -0.39 is 12.2 Å². The topological polar surface area (TPSA) is 58.6 Å². The number of carbonyl (C=O) groups excluding carboxylic acids is 1. The van der Waals surface area contributed by atoms with Crippen molar-refractivity contribution in [2.24, 2.45) is 5.92 Å². The zero-order chi connectivity index (χ0) is 13.7. The number of rotatable bonds is 3. The smallest absolute Gasteiger partial charge is 0.407 e. The van der Waals surface area contributed by atoms with Gasteiger partial charge in [-0.3, -0.25) is 0 Å². The summed E-state index contributed by atoms with van der Waals surface area (Å²) in [5, 5.41) is 12.8. The van der Waals surface area contributed by atoms with Gasteiger partial charge in [-0.15, -0.1) is 0 Å². The molecule has 19 heavy (non-hydrogen) atoms. The Hall–Kier alpha value is -1.55. The van der Waals surface area contributed by atoms with Gasteiger partial charge in [0.1, 0.15) is 6.61 Å². The van der Waals surface area contributed by atoms with Gasteiger partial charge >= 0.3 is 6.09 Å². The molecule has 3 unspecified atom stereocenters. The van der Waals surface area contributed by atoms with Crippen LogP contribution in [0.4, 0.5) is 4.79 Å². The van der Waals surface area contributed by atoms with Crippen molar-refractivity contribution >= 4 is 6.09 Å². The van der Waals surface area contributed by atoms with Gasteiger partial charge in [0.05, 0.1) is 12.1 Å². The molecular weight excluding hydrogens is 242 g/mol. The van der Waals surface area contributed by atoms with E-state index >= 15 is 0 Å². The summed E-state index contributed by atoms with van der Waals surface area (Å²) in [7, 11) is 0. The summed E-state index contributed by atoms with van der Waals surface area (Å²) >= 11 is 0. The SMILES string of the molecule is CC1CCCC(NC(=O)OCc2ccccc2)C1O. The maximum Gasteiger partial charge on any atom is 0.407 e. The van der Waals surface area contributed by atoms with Crippen LogP contribution in [0.3, 0.4) is 0 Å². The first-order valence-corrected chi connectivity index (χ1v) is 6.82. The van der Waals surface area contributed by atoms with Crippen LogP contribution in [-0.4, -0.2) is 23.3 Å². The van der Waals surface area contributed by atoms with E-state index in [1.54, 1.807) is 0 Å². The van der Waals surface area contributed by atoms with Crippen molar-refractivity contribution in [1.29, 1.82) is 0 Å². The van der Waals surface area contributed by atoms with Gasteiger partial charge in [-0.1, -0.05) is 43.7 Å². The molecule has 1 aliphatic carbocycles. The van der Waals surface area contributed by atoms with Gasteiger partial charge in [0.25, 0.3) is 0 Å². The van der Waals surface area contributed by atoms with Crippen molar-refractivity contribution in [3.05, 3.63) is 35.9 Å². The fourth-order valence-corrected chi connectivity index (χ4v) is 2.47. The number of ether oxygens (including phenoxy) is 1. The number of nitrogens with one attached hydrogen (secondary N) is 1. The Morgan fingerprint density at radius 1 is 1.37 bits per heavy atom. The lowest BCUT2D eigenvalue weighted by molar-refractivity contribution is 0.0412. The number of aliphatic hydroxyl groups excluding tert-OH is 1. The molecule has 1 fully saturated rings. The van der Waals surface area contributed by atoms with Crippen molar-refractivity contribution in [1.82, 2.24) is 5.32 Å². The van der Waals surface area contributed by atoms with Crippen LogP contribution in [0.15, 0.2) is 30.3 Å². The minimum atomic E-state index is -0.474. The zero-order valence-electron chi connectivity index (χ0n) is 11.2. The lowest BCUT2D eigenvalue weighted by Gasteiger charge is -2.32. The largest absolute Gasteiger partial charge is 0.445 e.